The first-order valence-electron chi connectivity index (χ1n) is 6.60. The Kier molecular flexibility index (Phi) is 2.82. The van der Waals surface area contributed by atoms with Gasteiger partial charge in [-0.25, -0.2) is 4.98 Å². The van der Waals surface area contributed by atoms with Crippen LogP contribution in [0.3, 0.4) is 0 Å². The predicted molar refractivity (Wildman–Crippen MR) is 87.0 cm³/mol. The van der Waals surface area contributed by atoms with Gasteiger partial charge in [-0.05, 0) is 6.07 Å². The molecule has 0 amide bonds. The van der Waals surface area contributed by atoms with Crippen LogP contribution in [0, 0.1) is 11.3 Å². The fraction of sp³-hybridized carbons (Fsp3) is 0. The standard InChI is InChI=1S/C15H8N6OS/c16-6-9-10(8-2-1-3-18-7-8)11-13(19-12(9)17)21-4-5-23-15(21)20-14(11)22/h1-5,7H,(H2,17,19). The molecule has 0 saturated heterocycles. The minimum absolute atomic E-state index is 0.0736. The molecule has 0 aromatic carbocycles. The summed E-state index contributed by atoms with van der Waals surface area (Å²) in [7, 11) is 0. The van der Waals surface area contributed by atoms with E-state index in [0.717, 1.165) is 0 Å². The maximum Gasteiger partial charge on any atom is 0.284 e. The molecule has 0 unspecified atom stereocenters. The Balaban J connectivity index is 2.32. The van der Waals surface area contributed by atoms with E-state index in [2.05, 4.69) is 15.0 Å². The number of nitrogen functional groups attached to an aromatic ring is 1. The largest absolute Gasteiger partial charge is 0.383 e. The van der Waals surface area contributed by atoms with Crippen LogP contribution in [0.15, 0.2) is 40.9 Å². The van der Waals surface area contributed by atoms with Gasteiger partial charge in [0.15, 0.2) is 10.6 Å². The molecule has 7 nitrogen and oxygen atoms in total. The van der Waals surface area contributed by atoms with Crippen molar-refractivity contribution in [2.24, 2.45) is 0 Å². The highest BCUT2D eigenvalue weighted by Gasteiger charge is 2.20. The minimum Gasteiger partial charge on any atom is -0.383 e. The number of pyridine rings is 2. The first-order chi connectivity index (χ1) is 11.2. The normalized spacial score (nSPS) is 10.9. The lowest BCUT2D eigenvalue weighted by Gasteiger charge is -2.10. The van der Waals surface area contributed by atoms with Gasteiger partial charge in [0.1, 0.15) is 17.5 Å². The van der Waals surface area contributed by atoms with E-state index in [1.54, 1.807) is 40.5 Å². The molecule has 0 radical (unpaired) electrons. The molecule has 0 saturated carbocycles. The van der Waals surface area contributed by atoms with E-state index in [1.807, 2.05) is 6.07 Å². The highest BCUT2D eigenvalue weighted by Crippen LogP contribution is 2.31. The second-order valence-electron chi connectivity index (χ2n) is 4.77. The summed E-state index contributed by atoms with van der Waals surface area (Å²) >= 11 is 1.33. The van der Waals surface area contributed by atoms with E-state index >= 15 is 0 Å². The maximum absolute atomic E-state index is 12.5. The van der Waals surface area contributed by atoms with Crippen LogP contribution in [0.2, 0.25) is 0 Å². The van der Waals surface area contributed by atoms with E-state index in [9.17, 15) is 10.1 Å². The molecule has 8 heteroatoms. The van der Waals surface area contributed by atoms with E-state index < -0.39 is 5.56 Å². The molecular weight excluding hydrogens is 312 g/mol. The number of hydrogen-bond donors (Lipinski definition) is 1. The van der Waals surface area contributed by atoms with E-state index in [4.69, 9.17) is 5.73 Å². The fourth-order valence-corrected chi connectivity index (χ4v) is 3.24. The lowest BCUT2D eigenvalue weighted by Crippen LogP contribution is -2.13. The molecule has 0 fully saturated rings. The van der Waals surface area contributed by atoms with Crippen molar-refractivity contribution in [3.8, 4) is 17.2 Å². The van der Waals surface area contributed by atoms with Crippen LogP contribution in [0.5, 0.6) is 0 Å². The molecular formula is C15H8N6OS. The van der Waals surface area contributed by atoms with Crippen LogP contribution in [0.25, 0.3) is 27.1 Å². The number of anilines is 1. The molecule has 2 N–H and O–H groups in total. The Bertz CT molecular complexity index is 1160. The third-order valence-electron chi connectivity index (χ3n) is 3.50. The lowest BCUT2D eigenvalue weighted by molar-refractivity contribution is 1.13. The zero-order chi connectivity index (χ0) is 16.0. The van der Waals surface area contributed by atoms with Gasteiger partial charge in [0.25, 0.3) is 5.56 Å². The predicted octanol–water partition coefficient (Wildman–Crippen LogP) is 1.82. The lowest BCUT2D eigenvalue weighted by atomic mass is 9.99. The molecule has 0 aliphatic carbocycles. The molecule has 0 spiro atoms. The van der Waals surface area contributed by atoms with Gasteiger partial charge in [-0.15, -0.1) is 11.3 Å². The first kappa shape index (κ1) is 13.4. The van der Waals surface area contributed by atoms with Crippen molar-refractivity contribution in [2.75, 3.05) is 5.73 Å². The molecule has 4 heterocycles. The first-order valence-corrected chi connectivity index (χ1v) is 7.48. The molecule has 4 aromatic heterocycles. The van der Waals surface area contributed by atoms with Gasteiger partial charge in [-0.1, -0.05) is 6.07 Å². The van der Waals surface area contributed by atoms with Crippen molar-refractivity contribution in [1.82, 2.24) is 19.4 Å². The molecule has 110 valence electrons. The Labute approximate surface area is 133 Å². The minimum atomic E-state index is -0.440. The summed E-state index contributed by atoms with van der Waals surface area (Å²) in [6.07, 6.45) is 4.96. The van der Waals surface area contributed by atoms with E-state index in [-0.39, 0.29) is 16.8 Å². The highest BCUT2D eigenvalue weighted by atomic mass is 32.1. The van der Waals surface area contributed by atoms with Gasteiger partial charge >= 0.3 is 0 Å². The van der Waals surface area contributed by atoms with Crippen molar-refractivity contribution in [3.63, 3.8) is 0 Å². The highest BCUT2D eigenvalue weighted by molar-refractivity contribution is 7.15. The molecule has 0 aliphatic heterocycles. The molecule has 0 bridgehead atoms. The van der Waals surface area contributed by atoms with Crippen molar-refractivity contribution in [1.29, 1.82) is 5.26 Å². The van der Waals surface area contributed by atoms with Crippen LogP contribution in [0.4, 0.5) is 5.82 Å². The average Bonchev–Trinajstić information content (AvgIpc) is 3.03. The summed E-state index contributed by atoms with van der Waals surface area (Å²) in [5, 5.41) is 11.5. The number of fused-ring (bicyclic) bond motifs is 3. The Morgan fingerprint density at radius 1 is 1.35 bits per heavy atom. The molecule has 0 aliphatic rings. The van der Waals surface area contributed by atoms with Crippen molar-refractivity contribution < 1.29 is 0 Å². The number of nitrogens with zero attached hydrogens (tertiary/aromatic N) is 5. The van der Waals surface area contributed by atoms with E-state index in [0.29, 0.717) is 21.7 Å². The molecule has 23 heavy (non-hydrogen) atoms. The van der Waals surface area contributed by atoms with Crippen LogP contribution in [-0.4, -0.2) is 19.4 Å². The summed E-state index contributed by atoms with van der Waals surface area (Å²) in [5.74, 6) is 0.0736. The quantitative estimate of drug-likeness (QED) is 0.573. The third kappa shape index (κ3) is 1.88. The molecule has 0 atom stereocenters. The Morgan fingerprint density at radius 2 is 2.22 bits per heavy atom. The van der Waals surface area contributed by atoms with E-state index in [1.165, 1.54) is 11.3 Å². The summed E-state index contributed by atoms with van der Waals surface area (Å²) in [6, 6.07) is 5.53. The Hall–Kier alpha value is -3.31. The molecule has 4 aromatic rings. The van der Waals surface area contributed by atoms with Gasteiger partial charge in [-0.2, -0.15) is 10.2 Å². The number of thiazole rings is 1. The topological polar surface area (TPSA) is 110 Å². The smallest absolute Gasteiger partial charge is 0.284 e. The van der Waals surface area contributed by atoms with Gasteiger partial charge in [-0.3, -0.25) is 14.2 Å². The van der Waals surface area contributed by atoms with Crippen molar-refractivity contribution in [2.45, 2.75) is 0 Å². The number of aromatic nitrogens is 4. The zero-order valence-electron chi connectivity index (χ0n) is 11.6. The summed E-state index contributed by atoms with van der Waals surface area (Å²) < 4.78 is 1.69. The maximum atomic E-state index is 12.5. The monoisotopic (exact) mass is 320 g/mol. The number of nitriles is 1. The summed E-state index contributed by atoms with van der Waals surface area (Å²) in [6.45, 7) is 0. The zero-order valence-corrected chi connectivity index (χ0v) is 12.4. The second-order valence-corrected chi connectivity index (χ2v) is 5.64. The number of rotatable bonds is 1. The van der Waals surface area contributed by atoms with Crippen LogP contribution >= 0.6 is 11.3 Å². The SMILES string of the molecule is N#Cc1c(N)nc2c(c1-c1cccnc1)c(=O)nc1sccn12. The van der Waals surface area contributed by atoms with Crippen molar-refractivity contribution in [3.05, 3.63) is 52.0 Å². The van der Waals surface area contributed by atoms with Crippen LogP contribution in [-0.2, 0) is 0 Å². The van der Waals surface area contributed by atoms with Crippen LogP contribution < -0.4 is 11.3 Å². The van der Waals surface area contributed by atoms with Gasteiger partial charge in [0.2, 0.25) is 0 Å². The van der Waals surface area contributed by atoms with Crippen molar-refractivity contribution >= 4 is 33.1 Å². The summed E-state index contributed by atoms with van der Waals surface area (Å²) in [4.78, 5) is 25.4. The fourth-order valence-electron chi connectivity index (χ4n) is 2.54. The van der Waals surface area contributed by atoms with Gasteiger partial charge in [0, 0.05) is 35.1 Å². The van der Waals surface area contributed by atoms with Gasteiger partial charge < -0.3 is 5.73 Å². The summed E-state index contributed by atoms with van der Waals surface area (Å²) in [5.41, 5.74) is 7.10. The molecule has 4 rings (SSSR count). The van der Waals surface area contributed by atoms with Gasteiger partial charge in [0.05, 0.1) is 5.39 Å². The second kappa shape index (κ2) is 4.86. The number of hydrogen-bond acceptors (Lipinski definition) is 7. The average molecular weight is 320 g/mol. The van der Waals surface area contributed by atoms with Crippen LogP contribution in [0.1, 0.15) is 5.56 Å². The number of nitrogens with two attached hydrogens (primary N) is 1. The Morgan fingerprint density at radius 3 is 2.96 bits per heavy atom. The third-order valence-corrected chi connectivity index (χ3v) is 4.25.